The second-order valence-electron chi connectivity index (χ2n) is 4.85. The van der Waals surface area contributed by atoms with Gasteiger partial charge in [0.15, 0.2) is 0 Å². The van der Waals surface area contributed by atoms with Gasteiger partial charge >= 0.3 is 0 Å². The molecule has 1 aromatic carbocycles. The Bertz CT molecular complexity index is 662. The highest BCUT2D eigenvalue weighted by Crippen LogP contribution is 2.30. The molecule has 106 valence electrons. The van der Waals surface area contributed by atoms with E-state index in [0.29, 0.717) is 5.56 Å². The van der Waals surface area contributed by atoms with E-state index in [1.165, 1.54) is 0 Å². The van der Waals surface area contributed by atoms with Gasteiger partial charge in [0.25, 0.3) is 5.56 Å². The fourth-order valence-corrected chi connectivity index (χ4v) is 2.49. The molecule has 0 aliphatic heterocycles. The Balaban J connectivity index is 2.74. The summed E-state index contributed by atoms with van der Waals surface area (Å²) in [6.45, 7) is 3.97. The average Bonchev–Trinajstić information content (AvgIpc) is 2.46. The maximum atomic E-state index is 12.5. The van der Waals surface area contributed by atoms with Gasteiger partial charge in [-0.1, -0.05) is 18.2 Å². The van der Waals surface area contributed by atoms with E-state index in [-0.39, 0.29) is 17.5 Å². The van der Waals surface area contributed by atoms with Crippen LogP contribution in [0.5, 0.6) is 5.75 Å². The lowest BCUT2D eigenvalue weighted by Gasteiger charge is -2.19. The monoisotopic (exact) mass is 291 g/mol. The van der Waals surface area contributed by atoms with Crippen LogP contribution in [-0.2, 0) is 5.88 Å². The van der Waals surface area contributed by atoms with Gasteiger partial charge in [0.1, 0.15) is 5.75 Å². The molecule has 0 unspecified atom stereocenters. The molecular formula is C16H18ClNO2. The number of hydrogen-bond acceptors (Lipinski definition) is 2. The highest BCUT2D eigenvalue weighted by Gasteiger charge is 2.15. The van der Waals surface area contributed by atoms with Crippen LogP contribution in [0.4, 0.5) is 0 Å². The highest BCUT2D eigenvalue weighted by atomic mass is 35.5. The molecular weight excluding hydrogens is 274 g/mol. The number of aromatic nitrogens is 1. The summed E-state index contributed by atoms with van der Waals surface area (Å²) in [5, 5.41) is 0. The number of benzene rings is 1. The number of alkyl halides is 1. The smallest absolute Gasteiger partial charge is 0.255 e. The third kappa shape index (κ3) is 2.59. The van der Waals surface area contributed by atoms with Gasteiger partial charge in [0, 0.05) is 17.2 Å². The van der Waals surface area contributed by atoms with E-state index in [1.807, 2.05) is 44.2 Å². The zero-order valence-electron chi connectivity index (χ0n) is 11.9. The minimum absolute atomic E-state index is 0.0431. The van der Waals surface area contributed by atoms with Crippen LogP contribution in [-0.4, -0.2) is 11.7 Å². The van der Waals surface area contributed by atoms with E-state index < -0.39 is 0 Å². The Hall–Kier alpha value is -1.74. The van der Waals surface area contributed by atoms with Gasteiger partial charge in [-0.3, -0.25) is 4.79 Å². The van der Waals surface area contributed by atoms with Crippen molar-refractivity contribution in [1.82, 2.24) is 4.57 Å². The van der Waals surface area contributed by atoms with E-state index >= 15 is 0 Å². The normalized spacial score (nSPS) is 10.8. The number of hydrogen-bond donors (Lipinski definition) is 0. The summed E-state index contributed by atoms with van der Waals surface area (Å²) in [7, 11) is 1.63. The fraction of sp³-hybridized carbons (Fsp3) is 0.312. The summed E-state index contributed by atoms with van der Waals surface area (Å²) in [5.41, 5.74) is 2.32. The van der Waals surface area contributed by atoms with E-state index in [1.54, 1.807) is 17.7 Å². The van der Waals surface area contributed by atoms with Crippen LogP contribution >= 0.6 is 11.6 Å². The van der Waals surface area contributed by atoms with E-state index in [2.05, 4.69) is 0 Å². The third-order valence-corrected chi connectivity index (χ3v) is 3.53. The molecule has 0 aliphatic carbocycles. The van der Waals surface area contributed by atoms with Crippen molar-refractivity contribution in [3.8, 4) is 17.0 Å². The quantitative estimate of drug-likeness (QED) is 0.801. The van der Waals surface area contributed by atoms with Crippen LogP contribution < -0.4 is 10.3 Å². The molecule has 1 heterocycles. The van der Waals surface area contributed by atoms with Gasteiger partial charge in [-0.25, -0.2) is 0 Å². The minimum Gasteiger partial charge on any atom is -0.496 e. The zero-order valence-corrected chi connectivity index (χ0v) is 12.6. The molecule has 2 aromatic rings. The van der Waals surface area contributed by atoms with Crippen molar-refractivity contribution < 1.29 is 4.74 Å². The lowest BCUT2D eigenvalue weighted by Crippen LogP contribution is -2.26. The summed E-state index contributed by atoms with van der Waals surface area (Å²) in [6.07, 6.45) is 0. The van der Waals surface area contributed by atoms with Gasteiger partial charge in [-0.15, -0.1) is 11.6 Å². The fourth-order valence-electron chi connectivity index (χ4n) is 2.29. The number of para-hydroxylation sites is 1. The van der Waals surface area contributed by atoms with E-state index in [4.69, 9.17) is 16.3 Å². The van der Waals surface area contributed by atoms with E-state index in [9.17, 15) is 4.79 Å². The number of rotatable bonds is 4. The van der Waals surface area contributed by atoms with Gasteiger partial charge < -0.3 is 9.30 Å². The van der Waals surface area contributed by atoms with Crippen LogP contribution in [0.3, 0.4) is 0 Å². The second-order valence-corrected chi connectivity index (χ2v) is 5.11. The lowest BCUT2D eigenvalue weighted by molar-refractivity contribution is 0.415. The van der Waals surface area contributed by atoms with Crippen molar-refractivity contribution in [1.29, 1.82) is 0 Å². The summed E-state index contributed by atoms with van der Waals surface area (Å²) in [4.78, 5) is 12.5. The van der Waals surface area contributed by atoms with Crippen molar-refractivity contribution in [2.45, 2.75) is 25.8 Å². The molecule has 0 aliphatic rings. The van der Waals surface area contributed by atoms with Crippen molar-refractivity contribution in [3.63, 3.8) is 0 Å². The summed E-state index contributed by atoms with van der Waals surface area (Å²) in [5.74, 6) is 0.970. The second kappa shape index (κ2) is 6.14. The molecule has 2 rings (SSSR count). The summed E-state index contributed by atoms with van der Waals surface area (Å²) >= 11 is 5.83. The van der Waals surface area contributed by atoms with Gasteiger partial charge in [0.05, 0.1) is 18.7 Å². The molecule has 0 fully saturated rings. The van der Waals surface area contributed by atoms with Crippen LogP contribution in [0.1, 0.15) is 25.5 Å². The standard InChI is InChI=1S/C16H18ClNO2/c1-11(2)18-14(9-8-12(10-17)16(18)19)13-6-4-5-7-15(13)20-3/h4-9,11H,10H2,1-3H3. The molecule has 0 radical (unpaired) electrons. The number of pyridine rings is 1. The molecule has 20 heavy (non-hydrogen) atoms. The largest absolute Gasteiger partial charge is 0.496 e. The zero-order chi connectivity index (χ0) is 14.7. The average molecular weight is 292 g/mol. The molecule has 0 amide bonds. The van der Waals surface area contributed by atoms with Crippen molar-refractivity contribution >= 4 is 11.6 Å². The van der Waals surface area contributed by atoms with Crippen molar-refractivity contribution in [2.75, 3.05) is 7.11 Å². The number of halogens is 1. The Labute approximate surface area is 123 Å². The Morgan fingerprint density at radius 3 is 2.50 bits per heavy atom. The molecule has 3 nitrogen and oxygen atoms in total. The first kappa shape index (κ1) is 14.7. The summed E-state index contributed by atoms with van der Waals surface area (Å²) < 4.78 is 7.15. The molecule has 0 spiro atoms. The maximum Gasteiger partial charge on any atom is 0.255 e. The van der Waals surface area contributed by atoms with Crippen LogP contribution in [0.2, 0.25) is 0 Å². The predicted octanol–water partition coefficient (Wildman–Crippen LogP) is 3.84. The van der Waals surface area contributed by atoms with Gasteiger partial charge in [-0.2, -0.15) is 0 Å². The molecule has 0 bridgehead atoms. The summed E-state index contributed by atoms with van der Waals surface area (Å²) in [6, 6.07) is 11.4. The molecule has 0 atom stereocenters. The van der Waals surface area contributed by atoms with Crippen LogP contribution in [0, 0.1) is 0 Å². The third-order valence-electron chi connectivity index (χ3n) is 3.24. The first-order valence-electron chi connectivity index (χ1n) is 6.54. The van der Waals surface area contributed by atoms with Crippen LogP contribution in [0.15, 0.2) is 41.2 Å². The first-order valence-corrected chi connectivity index (χ1v) is 7.07. The van der Waals surface area contributed by atoms with Gasteiger partial charge in [-0.05, 0) is 32.0 Å². The van der Waals surface area contributed by atoms with Crippen LogP contribution in [0.25, 0.3) is 11.3 Å². The van der Waals surface area contributed by atoms with Gasteiger partial charge in [0.2, 0.25) is 0 Å². The van der Waals surface area contributed by atoms with Crippen molar-refractivity contribution in [3.05, 3.63) is 52.3 Å². The molecule has 0 N–H and O–H groups in total. The highest BCUT2D eigenvalue weighted by molar-refractivity contribution is 6.17. The lowest BCUT2D eigenvalue weighted by atomic mass is 10.1. The number of nitrogens with zero attached hydrogens (tertiary/aromatic N) is 1. The molecule has 1 aromatic heterocycles. The number of methoxy groups -OCH3 is 1. The van der Waals surface area contributed by atoms with Crippen molar-refractivity contribution in [2.24, 2.45) is 0 Å². The Morgan fingerprint density at radius 1 is 1.20 bits per heavy atom. The molecule has 0 saturated carbocycles. The topological polar surface area (TPSA) is 31.2 Å². The molecule has 4 heteroatoms. The van der Waals surface area contributed by atoms with E-state index in [0.717, 1.165) is 17.0 Å². The SMILES string of the molecule is COc1ccccc1-c1ccc(CCl)c(=O)n1C(C)C. The predicted molar refractivity (Wildman–Crippen MR) is 82.6 cm³/mol. The maximum absolute atomic E-state index is 12.5. The Kier molecular flexibility index (Phi) is 4.50. The number of ether oxygens (including phenoxy) is 1. The molecule has 0 saturated heterocycles. The Morgan fingerprint density at radius 2 is 1.90 bits per heavy atom. The first-order chi connectivity index (χ1) is 9.60. The minimum atomic E-state index is -0.0431.